The summed E-state index contributed by atoms with van der Waals surface area (Å²) >= 11 is 5.82. The zero-order valence-electron chi connectivity index (χ0n) is 12.2. The molecule has 0 unspecified atom stereocenters. The summed E-state index contributed by atoms with van der Waals surface area (Å²) in [5, 5.41) is 6.69. The number of amides is 1. The Labute approximate surface area is 130 Å². The third kappa shape index (κ3) is 4.80. The molecule has 0 aliphatic heterocycles. The summed E-state index contributed by atoms with van der Waals surface area (Å²) in [4.78, 5) is 11.8. The standard InChI is InChI=1S/C17H19ClN2O/c1-12-3-8-16(9-13(12)2)19-11-17(21)20-10-14-4-6-15(18)7-5-14/h3-9,19H,10-11H2,1-2H3,(H,20,21). The van der Waals surface area contributed by atoms with Gasteiger partial charge in [-0.2, -0.15) is 0 Å². The second-order valence-corrected chi connectivity index (χ2v) is 5.49. The van der Waals surface area contributed by atoms with Crippen molar-refractivity contribution >= 4 is 23.2 Å². The molecule has 21 heavy (non-hydrogen) atoms. The number of carbonyl (C=O) groups is 1. The zero-order chi connectivity index (χ0) is 15.2. The molecule has 2 aromatic carbocycles. The van der Waals surface area contributed by atoms with Crippen molar-refractivity contribution in [1.29, 1.82) is 0 Å². The number of carbonyl (C=O) groups excluding carboxylic acids is 1. The van der Waals surface area contributed by atoms with E-state index in [9.17, 15) is 4.79 Å². The van der Waals surface area contributed by atoms with Crippen LogP contribution < -0.4 is 10.6 Å². The molecule has 0 saturated carbocycles. The summed E-state index contributed by atoms with van der Waals surface area (Å²) in [6.45, 7) is 4.89. The van der Waals surface area contributed by atoms with Gasteiger partial charge in [-0.3, -0.25) is 4.79 Å². The van der Waals surface area contributed by atoms with E-state index in [1.165, 1.54) is 11.1 Å². The van der Waals surface area contributed by atoms with Gasteiger partial charge in [-0.25, -0.2) is 0 Å². The van der Waals surface area contributed by atoms with Gasteiger partial charge in [0, 0.05) is 17.3 Å². The van der Waals surface area contributed by atoms with Crippen LogP contribution in [0.25, 0.3) is 0 Å². The summed E-state index contributed by atoms with van der Waals surface area (Å²) in [6.07, 6.45) is 0. The predicted molar refractivity (Wildman–Crippen MR) is 87.7 cm³/mol. The van der Waals surface area contributed by atoms with Crippen molar-refractivity contribution in [3.05, 3.63) is 64.2 Å². The lowest BCUT2D eigenvalue weighted by molar-refractivity contribution is -0.119. The van der Waals surface area contributed by atoms with E-state index in [0.717, 1.165) is 11.3 Å². The molecule has 0 aliphatic rings. The minimum atomic E-state index is -0.0387. The van der Waals surface area contributed by atoms with E-state index >= 15 is 0 Å². The summed E-state index contributed by atoms with van der Waals surface area (Å²) in [5.41, 5.74) is 4.44. The van der Waals surface area contributed by atoms with Crippen molar-refractivity contribution < 1.29 is 4.79 Å². The normalized spacial score (nSPS) is 10.2. The van der Waals surface area contributed by atoms with Gasteiger partial charge in [-0.15, -0.1) is 0 Å². The van der Waals surface area contributed by atoms with Gasteiger partial charge < -0.3 is 10.6 Å². The topological polar surface area (TPSA) is 41.1 Å². The molecule has 0 saturated heterocycles. The Morgan fingerprint density at radius 1 is 1.05 bits per heavy atom. The first-order chi connectivity index (χ1) is 10.0. The van der Waals surface area contributed by atoms with E-state index in [2.05, 4.69) is 24.5 Å². The maximum Gasteiger partial charge on any atom is 0.239 e. The molecule has 2 aromatic rings. The molecule has 0 spiro atoms. The number of aryl methyl sites for hydroxylation is 2. The van der Waals surface area contributed by atoms with E-state index in [1.54, 1.807) is 0 Å². The van der Waals surface area contributed by atoms with Crippen LogP contribution in [0.2, 0.25) is 5.02 Å². The largest absolute Gasteiger partial charge is 0.376 e. The fourth-order valence-corrected chi connectivity index (χ4v) is 2.03. The van der Waals surface area contributed by atoms with Gasteiger partial charge in [0.15, 0.2) is 0 Å². The molecular formula is C17H19ClN2O. The van der Waals surface area contributed by atoms with Gasteiger partial charge in [-0.1, -0.05) is 29.8 Å². The fraction of sp³-hybridized carbons (Fsp3) is 0.235. The molecule has 1 amide bonds. The molecular weight excluding hydrogens is 284 g/mol. The van der Waals surface area contributed by atoms with E-state index in [0.29, 0.717) is 11.6 Å². The lowest BCUT2D eigenvalue weighted by Gasteiger charge is -2.09. The van der Waals surface area contributed by atoms with E-state index < -0.39 is 0 Å². The molecule has 0 fully saturated rings. The van der Waals surface area contributed by atoms with E-state index in [1.807, 2.05) is 42.5 Å². The lowest BCUT2D eigenvalue weighted by Crippen LogP contribution is -2.29. The number of nitrogens with one attached hydrogen (secondary N) is 2. The Morgan fingerprint density at radius 3 is 2.43 bits per heavy atom. The van der Waals surface area contributed by atoms with Crippen molar-refractivity contribution in [3.63, 3.8) is 0 Å². The molecule has 0 aliphatic carbocycles. The molecule has 0 atom stereocenters. The molecule has 3 nitrogen and oxygen atoms in total. The molecule has 0 heterocycles. The summed E-state index contributed by atoms with van der Waals surface area (Å²) in [6, 6.07) is 13.5. The van der Waals surface area contributed by atoms with Crippen LogP contribution in [0.3, 0.4) is 0 Å². The minimum Gasteiger partial charge on any atom is -0.376 e. The third-order valence-corrected chi connectivity index (χ3v) is 3.61. The smallest absolute Gasteiger partial charge is 0.239 e. The summed E-state index contributed by atoms with van der Waals surface area (Å²) in [5.74, 6) is -0.0387. The highest BCUT2D eigenvalue weighted by Crippen LogP contribution is 2.13. The minimum absolute atomic E-state index is 0.0387. The van der Waals surface area contributed by atoms with Gasteiger partial charge >= 0.3 is 0 Å². The summed E-state index contributed by atoms with van der Waals surface area (Å²) < 4.78 is 0. The number of hydrogen-bond acceptors (Lipinski definition) is 2. The van der Waals surface area contributed by atoms with Crippen LogP contribution in [0.5, 0.6) is 0 Å². The molecule has 2 rings (SSSR count). The first kappa shape index (κ1) is 15.4. The predicted octanol–water partition coefficient (Wildman–Crippen LogP) is 3.69. The van der Waals surface area contributed by atoms with Gasteiger partial charge in [0.05, 0.1) is 6.54 Å². The van der Waals surface area contributed by atoms with E-state index in [4.69, 9.17) is 11.6 Å². The Balaban J connectivity index is 1.79. The lowest BCUT2D eigenvalue weighted by atomic mass is 10.1. The van der Waals surface area contributed by atoms with Crippen molar-refractivity contribution in [3.8, 4) is 0 Å². The van der Waals surface area contributed by atoms with Crippen LogP contribution in [0.1, 0.15) is 16.7 Å². The van der Waals surface area contributed by atoms with E-state index in [-0.39, 0.29) is 12.5 Å². The Kier molecular flexibility index (Phi) is 5.23. The first-order valence-corrected chi connectivity index (χ1v) is 7.24. The van der Waals surface area contributed by atoms with Crippen molar-refractivity contribution in [2.75, 3.05) is 11.9 Å². The zero-order valence-corrected chi connectivity index (χ0v) is 13.0. The highest BCUT2D eigenvalue weighted by atomic mass is 35.5. The van der Waals surface area contributed by atoms with Crippen molar-refractivity contribution in [2.45, 2.75) is 20.4 Å². The second kappa shape index (κ2) is 7.14. The number of benzene rings is 2. The number of anilines is 1. The fourth-order valence-electron chi connectivity index (χ4n) is 1.90. The number of rotatable bonds is 5. The van der Waals surface area contributed by atoms with Crippen LogP contribution in [0.4, 0.5) is 5.69 Å². The third-order valence-electron chi connectivity index (χ3n) is 3.36. The molecule has 0 radical (unpaired) electrons. The molecule has 0 aromatic heterocycles. The Hall–Kier alpha value is -2.00. The van der Waals surface area contributed by atoms with Gasteiger partial charge in [0.2, 0.25) is 5.91 Å². The first-order valence-electron chi connectivity index (χ1n) is 6.87. The highest BCUT2D eigenvalue weighted by molar-refractivity contribution is 6.30. The molecule has 2 N–H and O–H groups in total. The van der Waals surface area contributed by atoms with Gasteiger partial charge in [-0.05, 0) is 54.8 Å². The number of halogens is 1. The van der Waals surface area contributed by atoms with Crippen LogP contribution in [-0.2, 0) is 11.3 Å². The maximum absolute atomic E-state index is 11.8. The van der Waals surface area contributed by atoms with Crippen LogP contribution in [-0.4, -0.2) is 12.5 Å². The molecule has 0 bridgehead atoms. The van der Waals surface area contributed by atoms with Gasteiger partial charge in [0.1, 0.15) is 0 Å². The Morgan fingerprint density at radius 2 is 1.76 bits per heavy atom. The number of hydrogen-bond donors (Lipinski definition) is 2. The quantitative estimate of drug-likeness (QED) is 0.884. The van der Waals surface area contributed by atoms with Crippen LogP contribution in [0.15, 0.2) is 42.5 Å². The van der Waals surface area contributed by atoms with Crippen LogP contribution >= 0.6 is 11.6 Å². The molecule has 110 valence electrons. The van der Waals surface area contributed by atoms with Crippen molar-refractivity contribution in [2.24, 2.45) is 0 Å². The maximum atomic E-state index is 11.8. The monoisotopic (exact) mass is 302 g/mol. The second-order valence-electron chi connectivity index (χ2n) is 5.06. The Bertz CT molecular complexity index is 623. The average Bonchev–Trinajstić information content (AvgIpc) is 2.48. The molecule has 4 heteroatoms. The highest BCUT2D eigenvalue weighted by Gasteiger charge is 2.02. The van der Waals surface area contributed by atoms with Crippen LogP contribution in [0, 0.1) is 13.8 Å². The van der Waals surface area contributed by atoms with Gasteiger partial charge in [0.25, 0.3) is 0 Å². The van der Waals surface area contributed by atoms with Crippen molar-refractivity contribution in [1.82, 2.24) is 5.32 Å². The summed E-state index contributed by atoms with van der Waals surface area (Å²) in [7, 11) is 0. The average molecular weight is 303 g/mol. The SMILES string of the molecule is Cc1ccc(NCC(=O)NCc2ccc(Cl)cc2)cc1C.